The van der Waals surface area contributed by atoms with Crippen LogP contribution in [0.1, 0.15) is 48.0 Å². The second-order valence-electron chi connectivity index (χ2n) is 8.75. The summed E-state index contributed by atoms with van der Waals surface area (Å²) in [5.74, 6) is -1.58. The molecule has 2 aromatic rings. The smallest absolute Gasteiger partial charge is 0.307 e. The predicted octanol–water partition coefficient (Wildman–Crippen LogP) is 2.68. The van der Waals surface area contributed by atoms with Crippen LogP contribution in [0.2, 0.25) is 0 Å². The van der Waals surface area contributed by atoms with Gasteiger partial charge in [0.1, 0.15) is 11.2 Å². The second-order valence-corrected chi connectivity index (χ2v) is 8.75. The lowest BCUT2D eigenvalue weighted by Crippen LogP contribution is -2.46. The Morgan fingerprint density at radius 3 is 2.22 bits per heavy atom. The molecule has 0 saturated carbocycles. The number of nitrogens with one attached hydrogen (secondary N) is 1. The summed E-state index contributed by atoms with van der Waals surface area (Å²) in [6.45, 7) is 9.28. The number of carbonyl (C=O) groups is 3. The molecule has 1 aliphatic heterocycles. The van der Waals surface area contributed by atoms with Crippen molar-refractivity contribution >= 4 is 29.1 Å². The zero-order chi connectivity index (χ0) is 23.8. The van der Waals surface area contributed by atoms with Crippen LogP contribution < -0.4 is 10.3 Å². The average molecular weight is 436 g/mol. The molecule has 168 valence electrons. The number of hydrazine groups is 1. The highest BCUT2D eigenvalue weighted by molar-refractivity contribution is 6.48. The molecule has 0 saturated heterocycles. The fourth-order valence-electron chi connectivity index (χ4n) is 3.41. The molecule has 0 fully saturated rings. The van der Waals surface area contributed by atoms with Gasteiger partial charge >= 0.3 is 5.91 Å². The van der Waals surface area contributed by atoms with E-state index in [0.29, 0.717) is 11.3 Å². The van der Waals surface area contributed by atoms with Gasteiger partial charge in [-0.05, 0) is 50.5 Å². The molecular formula is C24H29N5O3. The molecule has 1 atom stereocenters. The van der Waals surface area contributed by atoms with Crippen LogP contribution in [-0.2, 0) is 9.59 Å². The van der Waals surface area contributed by atoms with Crippen molar-refractivity contribution in [3.05, 3.63) is 58.9 Å². The minimum Gasteiger partial charge on any atom is -0.307 e. The van der Waals surface area contributed by atoms with Gasteiger partial charge in [0.25, 0.3) is 11.7 Å². The Hall–Kier alpha value is -3.39. The zero-order valence-electron chi connectivity index (χ0n) is 19.6. The number of aromatic nitrogens is 1. The van der Waals surface area contributed by atoms with Crippen LogP contribution in [0.3, 0.4) is 0 Å². The number of aliphatic imine (C=N–C) groups is 1. The maximum Gasteiger partial charge on any atom is 0.313 e. The maximum atomic E-state index is 13.4. The third-order valence-electron chi connectivity index (χ3n) is 5.72. The number of amidine groups is 1. The van der Waals surface area contributed by atoms with Gasteiger partial charge in [-0.25, -0.2) is 15.0 Å². The summed E-state index contributed by atoms with van der Waals surface area (Å²) in [4.78, 5) is 48.3. The highest BCUT2D eigenvalue weighted by atomic mass is 16.2. The third-order valence-corrected chi connectivity index (χ3v) is 5.72. The fourth-order valence-corrected chi connectivity index (χ4v) is 3.41. The van der Waals surface area contributed by atoms with E-state index >= 15 is 0 Å². The number of nitrogens with zero attached hydrogens (tertiary/aromatic N) is 4. The lowest BCUT2D eigenvalue weighted by Gasteiger charge is -2.28. The largest absolute Gasteiger partial charge is 0.313 e. The van der Waals surface area contributed by atoms with E-state index in [4.69, 9.17) is 0 Å². The number of rotatable bonds is 6. The van der Waals surface area contributed by atoms with E-state index in [2.05, 4.69) is 15.3 Å². The summed E-state index contributed by atoms with van der Waals surface area (Å²) >= 11 is 0. The Kier molecular flexibility index (Phi) is 6.27. The van der Waals surface area contributed by atoms with Gasteiger partial charge in [0.2, 0.25) is 0 Å². The molecule has 0 aliphatic carbocycles. The summed E-state index contributed by atoms with van der Waals surface area (Å²) in [7, 11) is 3.38. The van der Waals surface area contributed by atoms with Gasteiger partial charge in [-0.2, -0.15) is 0 Å². The molecule has 0 spiro atoms. The van der Waals surface area contributed by atoms with Gasteiger partial charge in [0.05, 0.1) is 11.3 Å². The summed E-state index contributed by atoms with van der Waals surface area (Å²) in [6, 6.07) is 8.92. The number of hydrogen-bond acceptors (Lipinski definition) is 6. The van der Waals surface area contributed by atoms with Crippen LogP contribution in [0.25, 0.3) is 0 Å². The van der Waals surface area contributed by atoms with E-state index in [1.54, 1.807) is 57.3 Å². The third kappa shape index (κ3) is 4.18. The molecule has 2 heterocycles. The summed E-state index contributed by atoms with van der Waals surface area (Å²) in [6.07, 6.45) is 1.58. The number of carbonyl (C=O) groups excluding carboxylic acids is 3. The van der Waals surface area contributed by atoms with Gasteiger partial charge in [-0.3, -0.25) is 19.4 Å². The molecule has 32 heavy (non-hydrogen) atoms. The number of pyridine rings is 1. The van der Waals surface area contributed by atoms with Gasteiger partial charge in [-0.15, -0.1) is 0 Å². The Balaban J connectivity index is 2.05. The normalized spacial score (nSPS) is 18.0. The van der Waals surface area contributed by atoms with Crippen LogP contribution in [0.4, 0.5) is 5.69 Å². The van der Waals surface area contributed by atoms with Crippen molar-refractivity contribution in [2.75, 3.05) is 19.1 Å². The van der Waals surface area contributed by atoms with E-state index in [0.717, 1.165) is 5.56 Å². The zero-order valence-corrected chi connectivity index (χ0v) is 19.6. The van der Waals surface area contributed by atoms with E-state index in [1.165, 1.54) is 5.01 Å². The summed E-state index contributed by atoms with van der Waals surface area (Å²) in [5, 5.41) is 5.61. The Bertz CT molecular complexity index is 1110. The molecular weight excluding hydrogens is 406 g/mol. The SMILES string of the molecule is Cc1ccc(N(C(=O)C(=O)c2cc(C)cnc2C2=NC(C)(C(C)C)C(=O)N2)N(C)C)cc1. The topological polar surface area (TPSA) is 95.0 Å². The first-order valence-corrected chi connectivity index (χ1v) is 10.5. The van der Waals surface area contributed by atoms with Crippen LogP contribution in [0, 0.1) is 19.8 Å². The lowest BCUT2D eigenvalue weighted by atomic mass is 9.89. The summed E-state index contributed by atoms with van der Waals surface area (Å²) in [5.41, 5.74) is 1.65. The highest BCUT2D eigenvalue weighted by Crippen LogP contribution is 2.28. The molecule has 2 amide bonds. The predicted molar refractivity (Wildman–Crippen MR) is 124 cm³/mol. The molecule has 1 aromatic heterocycles. The molecule has 1 aliphatic rings. The molecule has 0 bridgehead atoms. The maximum absolute atomic E-state index is 13.4. The van der Waals surface area contributed by atoms with Crippen molar-refractivity contribution in [1.82, 2.24) is 15.3 Å². The van der Waals surface area contributed by atoms with Crippen molar-refractivity contribution in [3.63, 3.8) is 0 Å². The highest BCUT2D eigenvalue weighted by Gasteiger charge is 2.43. The first-order chi connectivity index (χ1) is 15.0. The Morgan fingerprint density at radius 1 is 1.06 bits per heavy atom. The number of benzene rings is 1. The van der Waals surface area contributed by atoms with E-state index < -0.39 is 17.2 Å². The van der Waals surface area contributed by atoms with Gasteiger partial charge in [0.15, 0.2) is 5.84 Å². The molecule has 1 unspecified atom stereocenters. The first kappa shape index (κ1) is 23.3. The molecule has 1 aromatic carbocycles. The number of ketones is 1. The fraction of sp³-hybridized carbons (Fsp3) is 0.375. The van der Waals surface area contributed by atoms with Crippen LogP contribution in [0.15, 0.2) is 41.5 Å². The minimum absolute atomic E-state index is 0.0583. The number of aryl methyl sites for hydroxylation is 2. The number of anilines is 1. The van der Waals surface area contributed by atoms with Gasteiger partial charge < -0.3 is 5.32 Å². The Morgan fingerprint density at radius 2 is 1.69 bits per heavy atom. The van der Waals surface area contributed by atoms with Crippen molar-refractivity contribution < 1.29 is 14.4 Å². The molecule has 0 radical (unpaired) electrons. The average Bonchev–Trinajstić information content (AvgIpc) is 3.04. The van der Waals surface area contributed by atoms with Gasteiger partial charge in [-0.1, -0.05) is 31.5 Å². The van der Waals surface area contributed by atoms with Crippen LogP contribution in [0.5, 0.6) is 0 Å². The standard InChI is InChI=1S/C24H29N5O3/c1-14(2)24(5)23(32)26-21(27-24)19-18(12-16(4)13-25-19)20(30)22(31)29(28(6)7)17-10-8-15(3)9-11-17/h8-14H,1-7H3,(H,26,27,32). The van der Waals surface area contributed by atoms with Crippen molar-refractivity contribution in [2.45, 2.75) is 40.2 Å². The molecule has 8 nitrogen and oxygen atoms in total. The monoisotopic (exact) mass is 435 g/mol. The Labute approximate surface area is 188 Å². The number of amides is 2. The first-order valence-electron chi connectivity index (χ1n) is 10.5. The minimum atomic E-state index is -0.968. The quantitative estimate of drug-likeness (QED) is 0.428. The second kappa shape index (κ2) is 8.63. The van der Waals surface area contributed by atoms with E-state index in [1.807, 2.05) is 32.9 Å². The molecule has 3 rings (SSSR count). The van der Waals surface area contributed by atoms with E-state index in [-0.39, 0.29) is 28.9 Å². The molecule has 8 heteroatoms. The molecule has 1 N–H and O–H groups in total. The van der Waals surface area contributed by atoms with Crippen molar-refractivity contribution in [3.8, 4) is 0 Å². The van der Waals surface area contributed by atoms with Crippen molar-refractivity contribution in [1.29, 1.82) is 0 Å². The van der Waals surface area contributed by atoms with Crippen LogP contribution in [-0.4, -0.2) is 53.1 Å². The number of hydrogen-bond donors (Lipinski definition) is 1. The lowest BCUT2D eigenvalue weighted by molar-refractivity contribution is -0.124. The van der Waals surface area contributed by atoms with Crippen molar-refractivity contribution in [2.24, 2.45) is 10.9 Å². The number of Topliss-reactive ketones (excluding diaryl/α,β-unsaturated/α-hetero) is 1. The van der Waals surface area contributed by atoms with E-state index in [9.17, 15) is 14.4 Å². The van der Waals surface area contributed by atoms with Crippen LogP contribution >= 0.6 is 0 Å². The summed E-state index contributed by atoms with van der Waals surface area (Å²) < 4.78 is 0. The van der Waals surface area contributed by atoms with Gasteiger partial charge in [0, 0.05) is 20.3 Å².